The first-order valence-corrected chi connectivity index (χ1v) is 7.96. The van der Waals surface area contributed by atoms with Gasteiger partial charge in [-0.1, -0.05) is 0 Å². The van der Waals surface area contributed by atoms with E-state index in [2.05, 4.69) is 0 Å². The summed E-state index contributed by atoms with van der Waals surface area (Å²) in [5, 5.41) is 17.9. The van der Waals surface area contributed by atoms with Crippen LogP contribution >= 0.6 is 0 Å². The van der Waals surface area contributed by atoms with Crippen molar-refractivity contribution in [2.45, 2.75) is 44.0 Å². The lowest BCUT2D eigenvalue weighted by molar-refractivity contribution is 0.0691. The van der Waals surface area contributed by atoms with Crippen LogP contribution in [0.3, 0.4) is 0 Å². The zero-order valence-electron chi connectivity index (χ0n) is 11.8. The van der Waals surface area contributed by atoms with Gasteiger partial charge in [-0.15, -0.1) is 0 Å². The molecule has 0 spiro atoms. The minimum absolute atomic E-state index is 0.0617. The largest absolute Gasteiger partial charge is 0.478 e. The highest BCUT2D eigenvalue weighted by Gasteiger charge is 2.42. The lowest BCUT2D eigenvalue weighted by Crippen LogP contribution is -2.35. The van der Waals surface area contributed by atoms with Gasteiger partial charge in [-0.3, -0.25) is 0 Å². The molecular formula is C13H16N2O5S. The van der Waals surface area contributed by atoms with E-state index in [0.717, 1.165) is 12.8 Å². The van der Waals surface area contributed by atoms with Crippen LogP contribution < -0.4 is 0 Å². The Labute approximate surface area is 122 Å². The van der Waals surface area contributed by atoms with Crippen molar-refractivity contribution in [3.8, 4) is 6.07 Å². The Balaban J connectivity index is 2.53. The number of carboxylic acids is 1. The van der Waals surface area contributed by atoms with Crippen molar-refractivity contribution in [2.24, 2.45) is 0 Å². The van der Waals surface area contributed by atoms with Gasteiger partial charge in [0.25, 0.3) is 0 Å². The van der Waals surface area contributed by atoms with Gasteiger partial charge in [-0.05, 0) is 26.7 Å². The lowest BCUT2D eigenvalue weighted by atomic mass is 10.2. The number of sulfonamides is 1. The average Bonchev–Trinajstić information content (AvgIpc) is 3.14. The maximum Gasteiger partial charge on any atom is 0.340 e. The number of furan rings is 1. The number of carboxylic acid groups (broad SMARTS) is 1. The number of hydrogen-bond donors (Lipinski definition) is 1. The fraction of sp³-hybridized carbons (Fsp3) is 0.538. The van der Waals surface area contributed by atoms with E-state index in [0.29, 0.717) is 0 Å². The van der Waals surface area contributed by atoms with Gasteiger partial charge in [0.05, 0.1) is 6.07 Å². The second-order valence-electron chi connectivity index (χ2n) is 4.98. The van der Waals surface area contributed by atoms with Crippen LogP contribution in [0, 0.1) is 25.2 Å². The van der Waals surface area contributed by atoms with Crippen molar-refractivity contribution in [3.05, 3.63) is 17.1 Å². The summed E-state index contributed by atoms with van der Waals surface area (Å²) in [6.45, 7) is 2.92. The summed E-state index contributed by atoms with van der Waals surface area (Å²) in [5.74, 6) is -1.21. The van der Waals surface area contributed by atoms with E-state index in [1.807, 2.05) is 6.07 Å². The fourth-order valence-electron chi connectivity index (χ4n) is 2.36. The smallest absolute Gasteiger partial charge is 0.340 e. The van der Waals surface area contributed by atoms with Gasteiger partial charge in [0.1, 0.15) is 22.0 Å². The third-order valence-corrected chi connectivity index (χ3v) is 5.49. The topological polar surface area (TPSA) is 112 Å². The van der Waals surface area contributed by atoms with Crippen molar-refractivity contribution < 1.29 is 22.7 Å². The summed E-state index contributed by atoms with van der Waals surface area (Å²) in [4.78, 5) is 11.0. The summed E-state index contributed by atoms with van der Waals surface area (Å²) in [6.07, 6.45) is 1.51. The van der Waals surface area contributed by atoms with E-state index in [-0.39, 0.29) is 41.0 Å². The molecule has 8 heteroatoms. The second-order valence-corrected chi connectivity index (χ2v) is 6.81. The molecule has 0 unspecified atom stereocenters. The van der Waals surface area contributed by atoms with Gasteiger partial charge >= 0.3 is 5.97 Å². The van der Waals surface area contributed by atoms with Crippen LogP contribution in [0.15, 0.2) is 9.31 Å². The van der Waals surface area contributed by atoms with E-state index < -0.39 is 16.0 Å². The molecule has 1 saturated carbocycles. The monoisotopic (exact) mass is 312 g/mol. The molecule has 1 N–H and O–H groups in total. The molecule has 1 aliphatic carbocycles. The molecule has 1 fully saturated rings. The SMILES string of the molecule is Cc1oc(C)c(S(=O)(=O)N(CCC#N)C2CC2)c1C(=O)O. The van der Waals surface area contributed by atoms with Crippen molar-refractivity contribution in [2.75, 3.05) is 6.54 Å². The molecule has 0 amide bonds. The van der Waals surface area contributed by atoms with Crippen molar-refractivity contribution >= 4 is 16.0 Å². The number of nitriles is 1. The van der Waals surface area contributed by atoms with Gasteiger partial charge < -0.3 is 9.52 Å². The molecule has 114 valence electrons. The van der Waals surface area contributed by atoms with Gasteiger partial charge in [-0.2, -0.15) is 9.57 Å². The summed E-state index contributed by atoms with van der Waals surface area (Å²) in [5.41, 5.74) is -0.324. The summed E-state index contributed by atoms with van der Waals surface area (Å²) >= 11 is 0. The van der Waals surface area contributed by atoms with Crippen LogP contribution in [0.5, 0.6) is 0 Å². The predicted molar refractivity (Wildman–Crippen MR) is 72.3 cm³/mol. The molecule has 0 radical (unpaired) electrons. The van der Waals surface area contributed by atoms with E-state index in [9.17, 15) is 18.3 Å². The van der Waals surface area contributed by atoms with Crippen molar-refractivity contribution in [1.29, 1.82) is 5.26 Å². The first kappa shape index (κ1) is 15.5. The molecule has 1 aromatic heterocycles. The third-order valence-electron chi connectivity index (χ3n) is 3.38. The molecule has 7 nitrogen and oxygen atoms in total. The highest BCUT2D eigenvalue weighted by molar-refractivity contribution is 7.89. The van der Waals surface area contributed by atoms with Crippen LogP contribution in [0.2, 0.25) is 0 Å². The maximum atomic E-state index is 12.8. The number of carbonyl (C=O) groups is 1. The Morgan fingerprint density at radius 2 is 2.05 bits per heavy atom. The molecule has 21 heavy (non-hydrogen) atoms. The number of rotatable bonds is 6. The van der Waals surface area contributed by atoms with E-state index in [1.165, 1.54) is 18.2 Å². The summed E-state index contributed by atoms with van der Waals surface area (Å²) in [6, 6.07) is 1.76. The van der Waals surface area contributed by atoms with Gasteiger partial charge in [0, 0.05) is 19.0 Å². The average molecular weight is 312 g/mol. The zero-order chi connectivity index (χ0) is 15.8. The molecular weight excluding hydrogens is 296 g/mol. The van der Waals surface area contributed by atoms with Crippen LogP contribution in [0.25, 0.3) is 0 Å². The van der Waals surface area contributed by atoms with Crippen LogP contribution in [-0.2, 0) is 10.0 Å². The molecule has 0 bridgehead atoms. The van der Waals surface area contributed by atoms with Gasteiger partial charge in [-0.25, -0.2) is 13.2 Å². The lowest BCUT2D eigenvalue weighted by Gasteiger charge is -2.20. The molecule has 0 aromatic carbocycles. The minimum Gasteiger partial charge on any atom is -0.478 e. The first-order valence-electron chi connectivity index (χ1n) is 6.52. The van der Waals surface area contributed by atoms with E-state index in [4.69, 9.17) is 9.68 Å². The molecule has 2 rings (SSSR count). The Kier molecular flexibility index (Phi) is 4.07. The molecule has 1 aromatic rings. The highest BCUT2D eigenvalue weighted by atomic mass is 32.2. The quantitative estimate of drug-likeness (QED) is 0.855. The summed E-state index contributed by atoms with van der Waals surface area (Å²) < 4.78 is 32.0. The molecule has 1 heterocycles. The third kappa shape index (κ3) is 2.80. The van der Waals surface area contributed by atoms with Crippen LogP contribution in [0.4, 0.5) is 0 Å². The second kappa shape index (κ2) is 5.50. The van der Waals surface area contributed by atoms with Crippen LogP contribution in [-0.4, -0.2) is 36.4 Å². The van der Waals surface area contributed by atoms with Gasteiger partial charge in [0.2, 0.25) is 10.0 Å². The predicted octanol–water partition coefficient (Wildman–Crippen LogP) is 1.66. The molecule has 0 saturated heterocycles. The summed E-state index contributed by atoms with van der Waals surface area (Å²) in [7, 11) is -3.99. The highest BCUT2D eigenvalue weighted by Crippen LogP contribution is 2.36. The normalized spacial score (nSPS) is 15.1. The zero-order valence-corrected chi connectivity index (χ0v) is 12.6. The number of aryl methyl sites for hydroxylation is 2. The van der Waals surface area contributed by atoms with E-state index >= 15 is 0 Å². The number of hydrogen-bond acceptors (Lipinski definition) is 5. The van der Waals surface area contributed by atoms with Crippen LogP contribution in [0.1, 0.15) is 41.1 Å². The molecule has 0 aliphatic heterocycles. The number of nitrogens with zero attached hydrogens (tertiary/aromatic N) is 2. The maximum absolute atomic E-state index is 12.8. The standard InChI is InChI=1S/C13H16N2O5S/c1-8-11(13(16)17)12(9(2)20-8)21(18,19)15(7-3-6-14)10-4-5-10/h10H,3-5,7H2,1-2H3,(H,16,17). The number of aromatic carboxylic acids is 1. The first-order chi connectivity index (χ1) is 9.80. The fourth-order valence-corrected chi connectivity index (χ4v) is 4.42. The Morgan fingerprint density at radius 3 is 2.52 bits per heavy atom. The minimum atomic E-state index is -3.99. The van der Waals surface area contributed by atoms with Crippen molar-refractivity contribution in [1.82, 2.24) is 4.31 Å². The Hall–Kier alpha value is -1.85. The van der Waals surface area contributed by atoms with Gasteiger partial charge in [0.15, 0.2) is 0 Å². The molecule has 1 aliphatic rings. The van der Waals surface area contributed by atoms with E-state index in [1.54, 1.807) is 0 Å². The Morgan fingerprint density at radius 1 is 1.43 bits per heavy atom. The molecule has 0 atom stereocenters. The van der Waals surface area contributed by atoms with Crippen molar-refractivity contribution in [3.63, 3.8) is 0 Å². The Bertz CT molecular complexity index is 710.